The molecule has 2 aromatic heterocycles. The molecule has 4 atom stereocenters. The van der Waals surface area contributed by atoms with E-state index >= 15 is 0 Å². The van der Waals surface area contributed by atoms with Crippen LogP contribution in [0.2, 0.25) is 0 Å². The Morgan fingerprint density at radius 2 is 1.00 bits per heavy atom. The van der Waals surface area contributed by atoms with Gasteiger partial charge in [0.25, 0.3) is 11.8 Å². The minimum absolute atomic E-state index is 0.0939. The van der Waals surface area contributed by atoms with Crippen molar-refractivity contribution in [3.8, 4) is 0 Å². The van der Waals surface area contributed by atoms with Crippen LogP contribution in [0.1, 0.15) is 61.3 Å². The van der Waals surface area contributed by atoms with Crippen LogP contribution < -0.4 is 21.3 Å². The Morgan fingerprint density at radius 1 is 0.667 bits per heavy atom. The van der Waals surface area contributed by atoms with Crippen LogP contribution >= 0.6 is 0 Å². The molecule has 0 bridgehead atoms. The van der Waals surface area contributed by atoms with Gasteiger partial charge in [0.15, 0.2) is 0 Å². The predicted octanol–water partition coefficient (Wildman–Crippen LogP) is 1.70. The summed E-state index contributed by atoms with van der Waals surface area (Å²) in [4.78, 5) is 58.5. The lowest BCUT2D eigenvalue weighted by Gasteiger charge is -2.25. The zero-order valence-corrected chi connectivity index (χ0v) is 21.3. The van der Waals surface area contributed by atoms with E-state index < -0.39 is 12.1 Å². The summed E-state index contributed by atoms with van der Waals surface area (Å²) in [7, 11) is 0. The minimum Gasteiger partial charge on any atom is -0.353 e. The van der Waals surface area contributed by atoms with E-state index in [0.29, 0.717) is 24.0 Å². The summed E-state index contributed by atoms with van der Waals surface area (Å²) in [6.07, 6.45) is 7.45. The first-order valence-electron chi connectivity index (χ1n) is 12.3. The zero-order chi connectivity index (χ0) is 26.5. The molecule has 0 spiro atoms. The SMILES string of the molecule is CCC(C)[C@H](NC(=O)c1ccncc1)C(=O)NCCNC(=O)[C@@H](NC(=O)c1ccncc1)C(C)CC. The second-order valence-corrected chi connectivity index (χ2v) is 8.73. The van der Waals surface area contributed by atoms with Gasteiger partial charge in [-0.05, 0) is 36.1 Å². The van der Waals surface area contributed by atoms with Crippen molar-refractivity contribution in [1.82, 2.24) is 31.2 Å². The zero-order valence-electron chi connectivity index (χ0n) is 21.3. The molecule has 2 aromatic rings. The Balaban J connectivity index is 1.90. The van der Waals surface area contributed by atoms with Gasteiger partial charge >= 0.3 is 0 Å². The van der Waals surface area contributed by atoms with E-state index in [1.807, 2.05) is 27.7 Å². The van der Waals surface area contributed by atoms with Gasteiger partial charge in [0, 0.05) is 49.0 Å². The maximum atomic E-state index is 12.8. The summed E-state index contributed by atoms with van der Waals surface area (Å²) in [5.41, 5.74) is 0.839. The van der Waals surface area contributed by atoms with Crippen LogP contribution in [0.25, 0.3) is 0 Å². The van der Waals surface area contributed by atoms with Crippen molar-refractivity contribution < 1.29 is 19.2 Å². The molecule has 2 heterocycles. The van der Waals surface area contributed by atoms with E-state index in [4.69, 9.17) is 0 Å². The first-order chi connectivity index (χ1) is 17.3. The standard InChI is InChI=1S/C26H36N6O4/c1-5-17(3)21(31-23(33)19-7-11-27-12-8-19)25(35)29-15-16-30-26(36)22(18(4)6-2)32-24(34)20-9-13-28-14-10-20/h7-14,17-18,21-22H,5-6,15-16H2,1-4H3,(H,29,35)(H,30,36)(H,31,33)(H,32,34)/t17?,18?,21-,22-/m0/s1. The normalized spacial score (nSPS) is 14.0. The summed E-state index contributed by atoms with van der Waals surface area (Å²) < 4.78 is 0. The Labute approximate surface area is 212 Å². The van der Waals surface area contributed by atoms with Crippen molar-refractivity contribution in [3.05, 3.63) is 60.2 Å². The van der Waals surface area contributed by atoms with Gasteiger partial charge in [-0.2, -0.15) is 0 Å². The largest absolute Gasteiger partial charge is 0.353 e. The van der Waals surface area contributed by atoms with Crippen molar-refractivity contribution in [1.29, 1.82) is 0 Å². The molecule has 0 saturated heterocycles. The molecular weight excluding hydrogens is 460 g/mol. The number of amides is 4. The van der Waals surface area contributed by atoms with Crippen molar-refractivity contribution >= 4 is 23.6 Å². The fourth-order valence-corrected chi connectivity index (χ4v) is 3.45. The minimum atomic E-state index is -0.723. The van der Waals surface area contributed by atoms with Crippen molar-refractivity contribution in [2.45, 2.75) is 52.6 Å². The van der Waals surface area contributed by atoms with E-state index in [9.17, 15) is 19.2 Å². The number of hydrogen-bond acceptors (Lipinski definition) is 6. The summed E-state index contributed by atoms with van der Waals surface area (Å²) >= 11 is 0. The molecule has 2 unspecified atom stereocenters. The molecule has 0 aliphatic heterocycles. The molecule has 10 heteroatoms. The average molecular weight is 497 g/mol. The van der Waals surface area contributed by atoms with Gasteiger partial charge in [-0.3, -0.25) is 29.1 Å². The maximum Gasteiger partial charge on any atom is 0.252 e. The van der Waals surface area contributed by atoms with Gasteiger partial charge in [-0.25, -0.2) is 0 Å². The van der Waals surface area contributed by atoms with Crippen LogP contribution in [0, 0.1) is 11.8 Å². The lowest BCUT2D eigenvalue weighted by molar-refractivity contribution is -0.125. The van der Waals surface area contributed by atoms with Crippen molar-refractivity contribution in [3.63, 3.8) is 0 Å². The Bertz CT molecular complexity index is 921. The van der Waals surface area contributed by atoms with E-state index in [-0.39, 0.29) is 48.6 Å². The molecule has 4 amide bonds. The van der Waals surface area contributed by atoms with Gasteiger partial charge in [0.2, 0.25) is 11.8 Å². The first-order valence-corrected chi connectivity index (χ1v) is 12.3. The van der Waals surface area contributed by atoms with E-state index in [2.05, 4.69) is 31.2 Å². The van der Waals surface area contributed by atoms with Crippen LogP contribution in [-0.4, -0.2) is 58.8 Å². The van der Waals surface area contributed by atoms with Crippen LogP contribution in [0.3, 0.4) is 0 Å². The monoisotopic (exact) mass is 496 g/mol. The van der Waals surface area contributed by atoms with Crippen molar-refractivity contribution in [2.24, 2.45) is 11.8 Å². The number of nitrogens with zero attached hydrogens (tertiary/aromatic N) is 2. The highest BCUT2D eigenvalue weighted by Gasteiger charge is 2.28. The number of aromatic nitrogens is 2. The fourth-order valence-electron chi connectivity index (χ4n) is 3.45. The summed E-state index contributed by atoms with van der Waals surface area (Å²) in [5, 5.41) is 11.2. The van der Waals surface area contributed by atoms with Gasteiger partial charge < -0.3 is 21.3 Å². The van der Waals surface area contributed by atoms with Crippen LogP contribution in [0.15, 0.2) is 49.1 Å². The number of hydrogen-bond donors (Lipinski definition) is 4. The second-order valence-electron chi connectivity index (χ2n) is 8.73. The lowest BCUT2D eigenvalue weighted by atomic mass is 9.97. The smallest absolute Gasteiger partial charge is 0.252 e. The third-order valence-corrected chi connectivity index (χ3v) is 6.17. The van der Waals surface area contributed by atoms with Crippen LogP contribution in [0.5, 0.6) is 0 Å². The molecule has 0 aromatic carbocycles. The lowest BCUT2D eigenvalue weighted by Crippen LogP contribution is -2.53. The number of rotatable bonds is 13. The Morgan fingerprint density at radius 3 is 1.31 bits per heavy atom. The molecule has 0 aliphatic carbocycles. The first kappa shape index (κ1) is 28.4. The Hall–Kier alpha value is -3.82. The van der Waals surface area contributed by atoms with Gasteiger partial charge in [-0.15, -0.1) is 0 Å². The maximum absolute atomic E-state index is 12.8. The molecule has 0 saturated carbocycles. The van der Waals surface area contributed by atoms with Crippen molar-refractivity contribution in [2.75, 3.05) is 13.1 Å². The van der Waals surface area contributed by atoms with Crippen LogP contribution in [0.4, 0.5) is 0 Å². The second kappa shape index (κ2) is 14.6. The summed E-state index contributed by atoms with van der Waals surface area (Å²) in [6.45, 7) is 8.02. The number of carbonyl (C=O) groups is 4. The number of nitrogens with one attached hydrogen (secondary N) is 4. The molecule has 4 N–H and O–H groups in total. The Kier molecular flexibility index (Phi) is 11.5. The van der Waals surface area contributed by atoms with Gasteiger partial charge in [0.05, 0.1) is 0 Å². The van der Waals surface area contributed by atoms with E-state index in [1.165, 1.54) is 24.8 Å². The van der Waals surface area contributed by atoms with E-state index in [1.54, 1.807) is 24.3 Å². The molecule has 36 heavy (non-hydrogen) atoms. The average Bonchev–Trinajstić information content (AvgIpc) is 2.92. The molecule has 194 valence electrons. The molecule has 2 rings (SSSR count). The molecule has 0 aliphatic rings. The summed E-state index contributed by atoms with van der Waals surface area (Å²) in [5.74, 6) is -1.55. The highest BCUT2D eigenvalue weighted by molar-refractivity contribution is 5.98. The highest BCUT2D eigenvalue weighted by Crippen LogP contribution is 2.11. The van der Waals surface area contributed by atoms with Gasteiger partial charge in [-0.1, -0.05) is 40.5 Å². The van der Waals surface area contributed by atoms with Gasteiger partial charge in [0.1, 0.15) is 12.1 Å². The van der Waals surface area contributed by atoms with E-state index in [0.717, 1.165) is 0 Å². The number of pyridine rings is 2. The fraction of sp³-hybridized carbons (Fsp3) is 0.462. The molecule has 0 radical (unpaired) electrons. The highest BCUT2D eigenvalue weighted by atomic mass is 16.2. The summed E-state index contributed by atoms with van der Waals surface area (Å²) in [6, 6.07) is 4.88. The third kappa shape index (κ3) is 8.44. The van der Waals surface area contributed by atoms with Crippen LogP contribution in [-0.2, 0) is 9.59 Å². The predicted molar refractivity (Wildman–Crippen MR) is 136 cm³/mol. The third-order valence-electron chi connectivity index (χ3n) is 6.17. The molecular formula is C26H36N6O4. The molecule has 0 fully saturated rings. The molecule has 10 nitrogen and oxygen atoms in total. The number of carbonyl (C=O) groups excluding carboxylic acids is 4. The quantitative estimate of drug-likeness (QED) is 0.311. The topological polar surface area (TPSA) is 142 Å².